The number of amides is 2. The van der Waals surface area contributed by atoms with Gasteiger partial charge in [0.15, 0.2) is 4.32 Å². The monoisotopic (exact) mass is 410 g/mol. The smallest absolute Gasteiger partial charge is 0.285 e. The van der Waals surface area contributed by atoms with Crippen molar-refractivity contribution in [3.8, 4) is 5.75 Å². The second-order valence-electron chi connectivity index (χ2n) is 5.96. The van der Waals surface area contributed by atoms with E-state index in [1.807, 2.05) is 43.3 Å². The average Bonchev–Trinajstić information content (AvgIpc) is 2.95. The minimum atomic E-state index is -0.466. The molecular weight excluding hydrogens is 392 g/mol. The molecule has 3 rings (SSSR count). The van der Waals surface area contributed by atoms with E-state index >= 15 is 0 Å². The lowest BCUT2D eigenvalue weighted by Crippen LogP contribution is -2.44. The normalized spacial score (nSPS) is 15.9. The summed E-state index contributed by atoms with van der Waals surface area (Å²) in [6, 6.07) is 16.6. The number of thioether (sulfide) groups is 1. The van der Waals surface area contributed by atoms with Gasteiger partial charge in [-0.05, 0) is 48.5 Å². The number of nitrogens with zero attached hydrogens (tertiary/aromatic N) is 1. The van der Waals surface area contributed by atoms with Gasteiger partial charge in [0, 0.05) is 0 Å². The van der Waals surface area contributed by atoms with Crippen LogP contribution in [0.2, 0.25) is 0 Å². The molecule has 2 amide bonds. The third kappa shape index (κ3) is 4.49. The molecule has 0 spiro atoms. The summed E-state index contributed by atoms with van der Waals surface area (Å²) in [5, 5.41) is 1.09. The Balaban J connectivity index is 1.76. The number of ether oxygens (including phenoxy) is 1. The molecule has 0 atom stereocenters. The van der Waals surface area contributed by atoms with Crippen LogP contribution in [0.1, 0.15) is 22.8 Å². The maximum atomic E-state index is 12.7. The number of rotatable bonds is 5. The van der Waals surface area contributed by atoms with Gasteiger partial charge in [-0.25, -0.2) is 0 Å². The summed E-state index contributed by atoms with van der Waals surface area (Å²) in [5.41, 5.74) is 4.83. The molecular formula is C21H18N2O3S2. The first-order valence-electron chi connectivity index (χ1n) is 8.45. The van der Waals surface area contributed by atoms with E-state index in [0.29, 0.717) is 16.2 Å². The Morgan fingerprint density at radius 3 is 2.54 bits per heavy atom. The Morgan fingerprint density at radius 2 is 1.82 bits per heavy atom. The van der Waals surface area contributed by atoms with Gasteiger partial charge in [-0.3, -0.25) is 15.0 Å². The minimum absolute atomic E-state index is 0.270. The molecule has 1 heterocycles. The Bertz CT molecular complexity index is 984. The van der Waals surface area contributed by atoms with Gasteiger partial charge < -0.3 is 4.74 Å². The molecule has 142 valence electrons. The van der Waals surface area contributed by atoms with Crippen molar-refractivity contribution in [2.45, 2.75) is 6.92 Å². The van der Waals surface area contributed by atoms with E-state index < -0.39 is 5.91 Å². The van der Waals surface area contributed by atoms with E-state index in [0.717, 1.165) is 27.9 Å². The molecule has 0 aromatic heterocycles. The second kappa shape index (κ2) is 8.86. The van der Waals surface area contributed by atoms with E-state index in [1.165, 1.54) is 7.11 Å². The number of benzene rings is 2. The van der Waals surface area contributed by atoms with Crippen LogP contribution in [0.25, 0.3) is 6.08 Å². The van der Waals surface area contributed by atoms with Crippen molar-refractivity contribution < 1.29 is 14.3 Å². The molecule has 0 aliphatic carbocycles. The Kier molecular flexibility index (Phi) is 6.28. The molecule has 0 bridgehead atoms. The topological polar surface area (TPSA) is 58.6 Å². The first-order valence-corrected chi connectivity index (χ1v) is 9.67. The van der Waals surface area contributed by atoms with Gasteiger partial charge in [0.2, 0.25) is 0 Å². The van der Waals surface area contributed by atoms with Crippen LogP contribution in [0.15, 0.2) is 71.2 Å². The summed E-state index contributed by atoms with van der Waals surface area (Å²) < 4.78 is 5.46. The van der Waals surface area contributed by atoms with Crippen LogP contribution < -0.4 is 10.2 Å². The maximum absolute atomic E-state index is 12.7. The van der Waals surface area contributed by atoms with Crippen LogP contribution in [0.3, 0.4) is 0 Å². The number of hydrazine groups is 1. The molecule has 5 nitrogen and oxygen atoms in total. The lowest BCUT2D eigenvalue weighted by atomic mass is 10.1. The third-order valence-electron chi connectivity index (χ3n) is 3.91. The molecule has 0 saturated carbocycles. The van der Waals surface area contributed by atoms with Gasteiger partial charge in [0.25, 0.3) is 11.8 Å². The predicted octanol–water partition coefficient (Wildman–Crippen LogP) is 4.19. The number of hydrogen-bond donors (Lipinski definition) is 1. The zero-order valence-corrected chi connectivity index (χ0v) is 17.0. The van der Waals surface area contributed by atoms with Gasteiger partial charge >= 0.3 is 0 Å². The summed E-state index contributed by atoms with van der Waals surface area (Å²) in [7, 11) is 1.48. The van der Waals surface area contributed by atoms with Crippen LogP contribution in [-0.2, 0) is 4.79 Å². The van der Waals surface area contributed by atoms with Crippen LogP contribution in [0, 0.1) is 0 Å². The summed E-state index contributed by atoms with van der Waals surface area (Å²) in [6.07, 6.45) is 3.74. The van der Waals surface area contributed by atoms with Crippen molar-refractivity contribution in [3.05, 3.63) is 82.3 Å². The van der Waals surface area contributed by atoms with Crippen LogP contribution in [-0.4, -0.2) is 28.3 Å². The van der Waals surface area contributed by atoms with Crippen molar-refractivity contribution in [2.24, 2.45) is 0 Å². The number of carbonyl (C=O) groups excluding carboxylic acids is 2. The molecule has 0 unspecified atom stereocenters. The SMILES string of the molecule is COc1ccccc1C(=O)NN1C(=O)/C(=C\C(C)=C/c2ccccc2)SC1=S. The van der Waals surface area contributed by atoms with E-state index in [4.69, 9.17) is 17.0 Å². The number of para-hydroxylation sites is 1. The minimum Gasteiger partial charge on any atom is -0.496 e. The molecule has 1 N–H and O–H groups in total. The van der Waals surface area contributed by atoms with Crippen LogP contribution in [0.5, 0.6) is 5.75 Å². The van der Waals surface area contributed by atoms with Gasteiger partial charge in [-0.1, -0.05) is 60.3 Å². The zero-order chi connectivity index (χ0) is 20.1. The summed E-state index contributed by atoms with van der Waals surface area (Å²) in [6.45, 7) is 1.91. The van der Waals surface area contributed by atoms with Crippen molar-refractivity contribution in [1.29, 1.82) is 0 Å². The Hall–Kier alpha value is -2.90. The number of methoxy groups -OCH3 is 1. The van der Waals surface area contributed by atoms with Gasteiger partial charge in [0.1, 0.15) is 5.75 Å². The lowest BCUT2D eigenvalue weighted by molar-refractivity contribution is -0.123. The summed E-state index contributed by atoms with van der Waals surface area (Å²) in [5.74, 6) is -0.409. The molecule has 7 heteroatoms. The molecule has 1 fully saturated rings. The zero-order valence-electron chi connectivity index (χ0n) is 15.3. The van der Waals surface area contributed by atoms with Crippen molar-refractivity contribution in [3.63, 3.8) is 0 Å². The highest BCUT2D eigenvalue weighted by Crippen LogP contribution is 2.31. The Morgan fingerprint density at radius 1 is 1.14 bits per heavy atom. The highest BCUT2D eigenvalue weighted by Gasteiger charge is 2.34. The number of carbonyl (C=O) groups is 2. The summed E-state index contributed by atoms with van der Waals surface area (Å²) >= 11 is 6.42. The van der Waals surface area contributed by atoms with E-state index in [-0.39, 0.29) is 10.2 Å². The molecule has 1 saturated heterocycles. The fourth-order valence-corrected chi connectivity index (χ4v) is 3.85. The van der Waals surface area contributed by atoms with Crippen molar-refractivity contribution in [2.75, 3.05) is 7.11 Å². The molecule has 28 heavy (non-hydrogen) atoms. The van der Waals surface area contributed by atoms with Gasteiger partial charge in [0.05, 0.1) is 17.6 Å². The summed E-state index contributed by atoms with van der Waals surface area (Å²) in [4.78, 5) is 25.7. The standard InChI is InChI=1S/C21H18N2O3S2/c1-14(12-15-8-4-3-5-9-15)13-18-20(25)23(21(27)28-18)22-19(24)16-10-6-7-11-17(16)26-2/h3-13H,1-2H3,(H,22,24)/b14-12-,18-13+. The predicted molar refractivity (Wildman–Crippen MR) is 116 cm³/mol. The van der Waals surface area contributed by atoms with E-state index in [1.54, 1.807) is 30.3 Å². The largest absolute Gasteiger partial charge is 0.496 e. The quantitative estimate of drug-likeness (QED) is 0.592. The second-order valence-corrected chi connectivity index (χ2v) is 7.63. The first kappa shape index (κ1) is 19.9. The van der Waals surface area contributed by atoms with Gasteiger partial charge in [-0.2, -0.15) is 5.01 Å². The fraction of sp³-hybridized carbons (Fsp3) is 0.0952. The highest BCUT2D eigenvalue weighted by atomic mass is 32.2. The van der Waals surface area contributed by atoms with Crippen molar-refractivity contribution in [1.82, 2.24) is 10.4 Å². The average molecular weight is 411 g/mol. The Labute approximate surface area is 173 Å². The number of nitrogens with one attached hydrogen (secondary N) is 1. The molecule has 1 aliphatic heterocycles. The maximum Gasteiger partial charge on any atom is 0.285 e. The molecule has 2 aromatic carbocycles. The third-order valence-corrected chi connectivity index (χ3v) is 5.21. The lowest BCUT2D eigenvalue weighted by Gasteiger charge is -2.16. The number of allylic oxidation sites excluding steroid dienone is 2. The van der Waals surface area contributed by atoms with E-state index in [2.05, 4.69) is 5.43 Å². The van der Waals surface area contributed by atoms with Crippen LogP contribution in [0.4, 0.5) is 0 Å². The first-order chi connectivity index (χ1) is 13.5. The molecule has 1 aliphatic rings. The fourth-order valence-electron chi connectivity index (χ4n) is 2.62. The van der Waals surface area contributed by atoms with Crippen molar-refractivity contribution >= 4 is 46.2 Å². The number of thiocarbonyl (C=S) groups is 1. The molecule has 2 aromatic rings. The van der Waals surface area contributed by atoms with E-state index in [9.17, 15) is 9.59 Å². The number of hydrogen-bond acceptors (Lipinski definition) is 5. The van der Waals surface area contributed by atoms with Gasteiger partial charge in [-0.15, -0.1) is 0 Å². The highest BCUT2D eigenvalue weighted by molar-refractivity contribution is 8.26. The van der Waals surface area contributed by atoms with Crippen LogP contribution >= 0.6 is 24.0 Å². The molecule has 0 radical (unpaired) electrons.